The number of non-ortho nitro benzene ring substituents is 1. The maximum absolute atomic E-state index is 13.4. The van der Waals surface area contributed by atoms with Crippen LogP contribution in [0.2, 0.25) is 0 Å². The third kappa shape index (κ3) is 5.55. The Labute approximate surface area is 159 Å². The van der Waals surface area contributed by atoms with E-state index in [1.165, 1.54) is 0 Å². The monoisotopic (exact) mass is 405 g/mol. The van der Waals surface area contributed by atoms with Crippen LogP contribution in [0.25, 0.3) is 0 Å². The number of nitro groups is 1. The van der Waals surface area contributed by atoms with Crippen molar-refractivity contribution in [2.75, 3.05) is 11.9 Å². The van der Waals surface area contributed by atoms with Gasteiger partial charge in [-0.15, -0.1) is 0 Å². The number of aliphatic hydroxyl groups excluding tert-OH is 1. The molecule has 2 rings (SSSR count). The summed E-state index contributed by atoms with van der Waals surface area (Å²) < 4.78 is 45.1. The molecule has 1 saturated heterocycles. The van der Waals surface area contributed by atoms with Gasteiger partial charge in [-0.1, -0.05) is 13.8 Å². The largest absolute Gasteiger partial charge is 0.418 e. The van der Waals surface area contributed by atoms with Gasteiger partial charge < -0.3 is 20.5 Å². The van der Waals surface area contributed by atoms with Crippen LogP contribution in [0, 0.1) is 16.0 Å². The molecule has 1 heterocycles. The van der Waals surface area contributed by atoms with Crippen molar-refractivity contribution in [3.8, 4) is 0 Å². The summed E-state index contributed by atoms with van der Waals surface area (Å²) in [5, 5.41) is 25.6. The number of nitrogens with one attached hydrogen (secondary N) is 2. The van der Waals surface area contributed by atoms with E-state index in [0.717, 1.165) is 12.1 Å². The molecule has 8 nitrogen and oxygen atoms in total. The quantitative estimate of drug-likeness (QED) is 0.475. The number of carbonyl (C=O) groups excluding carboxylic acids is 1. The number of nitrogens with zero attached hydrogens (tertiary/aromatic N) is 1. The topological polar surface area (TPSA) is 114 Å². The zero-order valence-electron chi connectivity index (χ0n) is 15.3. The third-order valence-electron chi connectivity index (χ3n) is 4.26. The molecule has 3 atom stereocenters. The highest BCUT2D eigenvalue weighted by molar-refractivity contribution is 5.85. The number of alkyl halides is 3. The number of carbonyl (C=O) groups is 1. The van der Waals surface area contributed by atoms with Crippen LogP contribution in [0.4, 0.5) is 24.5 Å². The van der Waals surface area contributed by atoms with E-state index in [1.807, 2.05) is 0 Å². The standard InChI is InChI=1S/C17H22F3N3O5/c1-9(2)7-14(15(24)22-13-5-6-28-16(13)25)21-12-4-3-10(23(26)27)8-11(12)17(18,19)20/h3-4,8-9,13-14,16,21,25H,5-7H2,1-2H3,(H,22,24)/t13-,14-,16?/m0/s1. The number of aliphatic hydroxyl groups is 1. The zero-order valence-corrected chi connectivity index (χ0v) is 15.3. The van der Waals surface area contributed by atoms with Gasteiger partial charge in [0.2, 0.25) is 5.91 Å². The molecule has 28 heavy (non-hydrogen) atoms. The summed E-state index contributed by atoms with van der Waals surface area (Å²) in [4.78, 5) is 22.5. The van der Waals surface area contributed by atoms with Crippen molar-refractivity contribution in [3.05, 3.63) is 33.9 Å². The van der Waals surface area contributed by atoms with Crippen molar-refractivity contribution in [2.45, 2.75) is 51.2 Å². The number of nitro benzene ring substituents is 1. The minimum absolute atomic E-state index is 0.0274. The van der Waals surface area contributed by atoms with E-state index >= 15 is 0 Å². The summed E-state index contributed by atoms with van der Waals surface area (Å²) in [5.41, 5.74) is -2.36. The van der Waals surface area contributed by atoms with Crippen molar-refractivity contribution in [1.82, 2.24) is 5.32 Å². The summed E-state index contributed by atoms with van der Waals surface area (Å²) in [6.07, 6.45) is -5.42. The molecule has 0 radical (unpaired) electrons. The lowest BCUT2D eigenvalue weighted by Gasteiger charge is -2.25. The molecule has 0 bridgehead atoms. The lowest BCUT2D eigenvalue weighted by atomic mass is 10.0. The van der Waals surface area contributed by atoms with Crippen LogP contribution in [0.5, 0.6) is 0 Å². The summed E-state index contributed by atoms with van der Waals surface area (Å²) >= 11 is 0. The van der Waals surface area contributed by atoms with Gasteiger partial charge in [-0.25, -0.2) is 0 Å². The van der Waals surface area contributed by atoms with Crippen molar-refractivity contribution < 1.29 is 32.7 Å². The van der Waals surface area contributed by atoms with E-state index < -0.39 is 52.3 Å². The third-order valence-corrected chi connectivity index (χ3v) is 4.26. The molecular weight excluding hydrogens is 383 g/mol. The van der Waals surface area contributed by atoms with E-state index in [9.17, 15) is 33.2 Å². The second kappa shape index (κ2) is 8.74. The minimum Gasteiger partial charge on any atom is -0.373 e. The summed E-state index contributed by atoms with van der Waals surface area (Å²) in [6, 6.07) is 0.630. The second-order valence-corrected chi connectivity index (χ2v) is 6.98. The molecule has 156 valence electrons. The van der Waals surface area contributed by atoms with Gasteiger partial charge in [0.15, 0.2) is 6.29 Å². The summed E-state index contributed by atoms with van der Waals surface area (Å²) in [7, 11) is 0. The van der Waals surface area contributed by atoms with Crippen LogP contribution in [0.1, 0.15) is 32.3 Å². The molecule has 1 fully saturated rings. The van der Waals surface area contributed by atoms with E-state index in [1.54, 1.807) is 13.8 Å². The number of benzene rings is 1. The van der Waals surface area contributed by atoms with E-state index in [2.05, 4.69) is 10.6 Å². The Morgan fingerprint density at radius 3 is 2.61 bits per heavy atom. The average Bonchev–Trinajstić information content (AvgIpc) is 2.97. The van der Waals surface area contributed by atoms with E-state index in [0.29, 0.717) is 12.5 Å². The van der Waals surface area contributed by atoms with Gasteiger partial charge in [-0.3, -0.25) is 14.9 Å². The van der Waals surface area contributed by atoms with Crippen LogP contribution in [0.3, 0.4) is 0 Å². The molecule has 0 spiro atoms. The Balaban J connectivity index is 2.28. The zero-order chi connectivity index (χ0) is 21.1. The molecule has 3 N–H and O–H groups in total. The van der Waals surface area contributed by atoms with Gasteiger partial charge in [0.25, 0.3) is 5.69 Å². The minimum atomic E-state index is -4.84. The number of anilines is 1. The average molecular weight is 405 g/mol. The smallest absolute Gasteiger partial charge is 0.373 e. The molecule has 1 unspecified atom stereocenters. The van der Waals surface area contributed by atoms with Crippen LogP contribution < -0.4 is 10.6 Å². The highest BCUT2D eigenvalue weighted by Gasteiger charge is 2.37. The molecule has 1 aromatic carbocycles. The molecule has 1 aromatic rings. The van der Waals surface area contributed by atoms with E-state index in [4.69, 9.17) is 4.74 Å². The van der Waals surface area contributed by atoms with Crippen molar-refractivity contribution >= 4 is 17.3 Å². The fraction of sp³-hybridized carbons (Fsp3) is 0.588. The van der Waals surface area contributed by atoms with Gasteiger partial charge in [-0.2, -0.15) is 13.2 Å². The molecule has 1 aliphatic heterocycles. The number of rotatable bonds is 7. The molecule has 1 amide bonds. The van der Waals surface area contributed by atoms with Crippen molar-refractivity contribution in [3.63, 3.8) is 0 Å². The lowest BCUT2D eigenvalue weighted by Crippen LogP contribution is -2.48. The SMILES string of the molecule is CC(C)C[C@H](Nc1ccc([N+](=O)[O-])cc1C(F)(F)F)C(=O)N[C@H]1CCOC1O. The first-order chi connectivity index (χ1) is 13.0. The predicted molar refractivity (Wildman–Crippen MR) is 93.5 cm³/mol. The number of hydrogen-bond acceptors (Lipinski definition) is 6. The molecule has 1 aliphatic rings. The number of hydrogen-bond donors (Lipinski definition) is 3. The van der Waals surface area contributed by atoms with Gasteiger partial charge in [-0.05, 0) is 24.8 Å². The summed E-state index contributed by atoms with van der Waals surface area (Å²) in [5.74, 6) is -0.616. The van der Waals surface area contributed by atoms with Gasteiger partial charge in [0.05, 0.1) is 23.1 Å². The van der Waals surface area contributed by atoms with Crippen molar-refractivity contribution in [1.29, 1.82) is 0 Å². The highest BCUT2D eigenvalue weighted by atomic mass is 19.4. The Morgan fingerprint density at radius 1 is 1.43 bits per heavy atom. The van der Waals surface area contributed by atoms with E-state index in [-0.39, 0.29) is 18.9 Å². The lowest BCUT2D eigenvalue weighted by molar-refractivity contribution is -0.385. The molecule has 0 saturated carbocycles. The molecule has 11 heteroatoms. The summed E-state index contributed by atoms with van der Waals surface area (Å²) in [6.45, 7) is 3.86. The second-order valence-electron chi connectivity index (χ2n) is 6.98. The first-order valence-corrected chi connectivity index (χ1v) is 8.71. The first kappa shape index (κ1) is 21.9. The van der Waals surface area contributed by atoms with Crippen LogP contribution in [-0.2, 0) is 15.7 Å². The maximum atomic E-state index is 13.4. The van der Waals surface area contributed by atoms with Crippen molar-refractivity contribution in [2.24, 2.45) is 5.92 Å². The molecule has 0 aliphatic carbocycles. The molecule has 0 aromatic heterocycles. The Hall–Kier alpha value is -2.40. The Bertz CT molecular complexity index is 726. The van der Waals surface area contributed by atoms with Crippen LogP contribution in [-0.4, -0.2) is 40.9 Å². The number of halogens is 3. The van der Waals surface area contributed by atoms with Crippen LogP contribution in [0.15, 0.2) is 18.2 Å². The van der Waals surface area contributed by atoms with Gasteiger partial charge >= 0.3 is 6.18 Å². The fourth-order valence-corrected chi connectivity index (χ4v) is 2.90. The highest BCUT2D eigenvalue weighted by Crippen LogP contribution is 2.37. The van der Waals surface area contributed by atoms with Crippen LogP contribution >= 0.6 is 0 Å². The number of amides is 1. The Kier molecular flexibility index (Phi) is 6.83. The molecular formula is C17H22F3N3O5. The Morgan fingerprint density at radius 2 is 2.11 bits per heavy atom. The predicted octanol–water partition coefficient (Wildman–Crippen LogP) is 2.66. The van der Waals surface area contributed by atoms with Gasteiger partial charge in [0.1, 0.15) is 6.04 Å². The maximum Gasteiger partial charge on any atom is 0.418 e. The first-order valence-electron chi connectivity index (χ1n) is 8.71. The number of ether oxygens (including phenoxy) is 1. The normalized spacial score (nSPS) is 20.8. The van der Waals surface area contributed by atoms with Gasteiger partial charge in [0, 0.05) is 17.8 Å². The fourth-order valence-electron chi connectivity index (χ4n) is 2.90.